The lowest BCUT2D eigenvalue weighted by molar-refractivity contribution is 0.0954. The molecule has 0 aliphatic heterocycles. The Morgan fingerprint density at radius 2 is 1.95 bits per heavy atom. The third-order valence-corrected chi connectivity index (χ3v) is 3.28. The standard InChI is InChI=1S/C17H16N4O/c22-17(15-5-4-9-18-12-15)19-10-8-14-11-20-21(13-14)16-6-2-1-3-7-16/h1-7,9,11-13H,8,10H2,(H,19,22). The van der Waals surface area contributed by atoms with Gasteiger partial charge in [0, 0.05) is 25.1 Å². The maximum atomic E-state index is 11.9. The van der Waals surface area contributed by atoms with Crippen molar-refractivity contribution in [2.75, 3.05) is 6.54 Å². The number of benzene rings is 1. The highest BCUT2D eigenvalue weighted by molar-refractivity contribution is 5.93. The SMILES string of the molecule is O=C(NCCc1cnn(-c2ccccc2)c1)c1cccnc1. The van der Waals surface area contributed by atoms with Gasteiger partial charge >= 0.3 is 0 Å². The van der Waals surface area contributed by atoms with Gasteiger partial charge in [-0.25, -0.2) is 4.68 Å². The Kier molecular flexibility index (Phi) is 4.25. The summed E-state index contributed by atoms with van der Waals surface area (Å²) in [5.41, 5.74) is 2.67. The smallest absolute Gasteiger partial charge is 0.252 e. The van der Waals surface area contributed by atoms with Gasteiger partial charge in [-0.15, -0.1) is 0 Å². The number of nitrogens with zero attached hydrogens (tertiary/aromatic N) is 3. The summed E-state index contributed by atoms with van der Waals surface area (Å²) in [7, 11) is 0. The van der Waals surface area contributed by atoms with Crippen LogP contribution in [0, 0.1) is 0 Å². The molecule has 1 N–H and O–H groups in total. The van der Waals surface area contributed by atoms with E-state index in [4.69, 9.17) is 0 Å². The molecule has 3 rings (SSSR count). The number of carbonyl (C=O) groups excluding carboxylic acids is 1. The summed E-state index contributed by atoms with van der Waals surface area (Å²) in [6.07, 6.45) is 7.74. The zero-order valence-corrected chi connectivity index (χ0v) is 12.0. The summed E-state index contributed by atoms with van der Waals surface area (Å²) < 4.78 is 1.83. The molecule has 0 radical (unpaired) electrons. The van der Waals surface area contributed by atoms with Crippen molar-refractivity contribution < 1.29 is 4.79 Å². The Morgan fingerprint density at radius 1 is 1.09 bits per heavy atom. The number of pyridine rings is 1. The number of carbonyl (C=O) groups is 1. The van der Waals surface area contributed by atoms with Crippen molar-refractivity contribution in [3.8, 4) is 5.69 Å². The van der Waals surface area contributed by atoms with E-state index in [0.717, 1.165) is 17.7 Å². The fourth-order valence-electron chi connectivity index (χ4n) is 2.13. The quantitative estimate of drug-likeness (QED) is 0.784. The van der Waals surface area contributed by atoms with Crippen LogP contribution in [0.3, 0.4) is 0 Å². The van der Waals surface area contributed by atoms with Crippen LogP contribution in [0.4, 0.5) is 0 Å². The minimum atomic E-state index is -0.108. The third-order valence-electron chi connectivity index (χ3n) is 3.28. The summed E-state index contributed by atoms with van der Waals surface area (Å²) in [6, 6.07) is 13.4. The molecule has 0 saturated heterocycles. The number of nitrogens with one attached hydrogen (secondary N) is 1. The van der Waals surface area contributed by atoms with E-state index in [2.05, 4.69) is 15.4 Å². The van der Waals surface area contributed by atoms with Crippen LogP contribution >= 0.6 is 0 Å². The van der Waals surface area contributed by atoms with Gasteiger partial charge in [-0.1, -0.05) is 18.2 Å². The molecule has 0 fully saturated rings. The number of hydrogen-bond acceptors (Lipinski definition) is 3. The van der Waals surface area contributed by atoms with E-state index in [1.165, 1.54) is 0 Å². The Bertz CT molecular complexity index is 738. The van der Waals surface area contributed by atoms with E-state index in [-0.39, 0.29) is 5.91 Å². The van der Waals surface area contributed by atoms with Gasteiger partial charge in [0.05, 0.1) is 17.4 Å². The van der Waals surface area contributed by atoms with Crippen molar-refractivity contribution >= 4 is 5.91 Å². The zero-order valence-electron chi connectivity index (χ0n) is 12.0. The second-order valence-electron chi connectivity index (χ2n) is 4.88. The van der Waals surface area contributed by atoms with E-state index >= 15 is 0 Å². The molecule has 0 atom stereocenters. The molecule has 22 heavy (non-hydrogen) atoms. The molecule has 110 valence electrons. The van der Waals surface area contributed by atoms with Crippen LogP contribution in [0.15, 0.2) is 67.3 Å². The van der Waals surface area contributed by atoms with E-state index in [9.17, 15) is 4.79 Å². The minimum Gasteiger partial charge on any atom is -0.352 e. The largest absolute Gasteiger partial charge is 0.352 e. The van der Waals surface area contributed by atoms with Crippen molar-refractivity contribution in [3.05, 3.63) is 78.4 Å². The monoisotopic (exact) mass is 292 g/mol. The van der Waals surface area contributed by atoms with Gasteiger partial charge < -0.3 is 5.32 Å². The first kappa shape index (κ1) is 14.0. The molecule has 3 aromatic rings. The highest BCUT2D eigenvalue weighted by Gasteiger charge is 2.05. The Morgan fingerprint density at radius 3 is 2.73 bits per heavy atom. The topological polar surface area (TPSA) is 59.8 Å². The molecule has 1 amide bonds. The van der Waals surface area contributed by atoms with Gasteiger partial charge in [0.1, 0.15) is 0 Å². The lowest BCUT2D eigenvalue weighted by Gasteiger charge is -2.03. The Hall–Kier alpha value is -2.95. The second-order valence-corrected chi connectivity index (χ2v) is 4.88. The number of hydrogen-bond donors (Lipinski definition) is 1. The Labute approximate surface area is 128 Å². The molecule has 2 aromatic heterocycles. The number of aromatic nitrogens is 3. The van der Waals surface area contributed by atoms with Crippen LogP contribution in [0.2, 0.25) is 0 Å². The summed E-state index contributed by atoms with van der Waals surface area (Å²) in [5.74, 6) is -0.108. The van der Waals surface area contributed by atoms with Crippen LogP contribution < -0.4 is 5.32 Å². The van der Waals surface area contributed by atoms with Gasteiger partial charge in [0.2, 0.25) is 0 Å². The van der Waals surface area contributed by atoms with Crippen LogP contribution in [0.5, 0.6) is 0 Å². The molecule has 0 spiro atoms. The molecule has 1 aromatic carbocycles. The predicted octanol–water partition coefficient (Wildman–Crippen LogP) is 2.24. The van der Waals surface area contributed by atoms with Gasteiger partial charge in [0.25, 0.3) is 5.91 Å². The van der Waals surface area contributed by atoms with Crippen molar-refractivity contribution in [1.82, 2.24) is 20.1 Å². The van der Waals surface area contributed by atoms with Crippen LogP contribution in [0.1, 0.15) is 15.9 Å². The Balaban J connectivity index is 1.55. The summed E-state index contributed by atoms with van der Waals surface area (Å²) in [5, 5.41) is 7.22. The lowest BCUT2D eigenvalue weighted by atomic mass is 10.2. The molecule has 0 unspecified atom stereocenters. The maximum Gasteiger partial charge on any atom is 0.252 e. The fourth-order valence-corrected chi connectivity index (χ4v) is 2.13. The van der Waals surface area contributed by atoms with Gasteiger partial charge in [-0.2, -0.15) is 5.10 Å². The average Bonchev–Trinajstić information content (AvgIpc) is 3.05. The zero-order chi connectivity index (χ0) is 15.2. The van der Waals surface area contributed by atoms with Crippen molar-refractivity contribution in [1.29, 1.82) is 0 Å². The van der Waals surface area contributed by atoms with Crippen LogP contribution in [-0.2, 0) is 6.42 Å². The second kappa shape index (κ2) is 6.67. The molecular formula is C17H16N4O. The maximum absolute atomic E-state index is 11.9. The highest BCUT2D eigenvalue weighted by atomic mass is 16.1. The first-order chi connectivity index (χ1) is 10.8. The first-order valence-electron chi connectivity index (χ1n) is 7.10. The number of amides is 1. The van der Waals surface area contributed by atoms with E-state index in [0.29, 0.717) is 12.1 Å². The van der Waals surface area contributed by atoms with Crippen LogP contribution in [-0.4, -0.2) is 27.2 Å². The van der Waals surface area contributed by atoms with E-state index in [1.807, 2.05) is 47.4 Å². The minimum absolute atomic E-state index is 0.108. The molecule has 5 heteroatoms. The number of para-hydroxylation sites is 1. The van der Waals surface area contributed by atoms with E-state index < -0.39 is 0 Å². The van der Waals surface area contributed by atoms with Crippen molar-refractivity contribution in [2.45, 2.75) is 6.42 Å². The fraction of sp³-hybridized carbons (Fsp3) is 0.118. The molecule has 2 heterocycles. The van der Waals surface area contributed by atoms with Crippen molar-refractivity contribution in [3.63, 3.8) is 0 Å². The van der Waals surface area contributed by atoms with Crippen molar-refractivity contribution in [2.24, 2.45) is 0 Å². The predicted molar refractivity (Wildman–Crippen MR) is 83.8 cm³/mol. The summed E-state index contributed by atoms with van der Waals surface area (Å²) >= 11 is 0. The third kappa shape index (κ3) is 3.38. The van der Waals surface area contributed by atoms with Gasteiger partial charge in [0.15, 0.2) is 0 Å². The van der Waals surface area contributed by atoms with E-state index in [1.54, 1.807) is 24.5 Å². The van der Waals surface area contributed by atoms with Gasteiger partial charge in [-0.3, -0.25) is 9.78 Å². The van der Waals surface area contributed by atoms with Crippen LogP contribution in [0.25, 0.3) is 5.69 Å². The normalized spacial score (nSPS) is 10.4. The average molecular weight is 292 g/mol. The summed E-state index contributed by atoms with van der Waals surface area (Å²) in [4.78, 5) is 15.8. The van der Waals surface area contributed by atoms with Gasteiger partial charge in [-0.05, 0) is 36.2 Å². The molecule has 0 bridgehead atoms. The molecule has 0 saturated carbocycles. The first-order valence-corrected chi connectivity index (χ1v) is 7.10. The summed E-state index contributed by atoms with van der Waals surface area (Å²) in [6.45, 7) is 0.564. The molecule has 0 aliphatic carbocycles. The molecular weight excluding hydrogens is 276 g/mol. The number of rotatable bonds is 5. The molecule has 5 nitrogen and oxygen atoms in total. The molecule has 0 aliphatic rings. The lowest BCUT2D eigenvalue weighted by Crippen LogP contribution is -2.25. The highest BCUT2D eigenvalue weighted by Crippen LogP contribution is 2.07.